The van der Waals surface area contributed by atoms with Gasteiger partial charge in [0.15, 0.2) is 0 Å². The number of aliphatic carboxylic acids is 1. The molecule has 1 aliphatic rings. The molecule has 1 aliphatic heterocycles. The van der Waals surface area contributed by atoms with Gasteiger partial charge < -0.3 is 19.1 Å². The van der Waals surface area contributed by atoms with Gasteiger partial charge in [0.2, 0.25) is 0 Å². The minimum Gasteiger partial charge on any atom is -0.488 e. The molecule has 0 aliphatic carbocycles. The fraction of sp³-hybridized carbons (Fsp3) is 0.323. The Bertz CT molecular complexity index is 1470. The Morgan fingerprint density at radius 1 is 1.14 bits per heavy atom. The zero-order valence-corrected chi connectivity index (χ0v) is 21.7. The maximum absolute atomic E-state index is 14.2. The Hall–Kier alpha value is -3.64. The van der Waals surface area contributed by atoms with Crippen molar-refractivity contribution < 1.29 is 23.8 Å². The summed E-state index contributed by atoms with van der Waals surface area (Å²) in [6.07, 6.45) is 0.929. The average Bonchev–Trinajstić information content (AvgIpc) is 3.21. The molecule has 0 unspecified atom stereocenters. The number of halogens is 1. The lowest BCUT2D eigenvalue weighted by Crippen LogP contribution is -2.40. The van der Waals surface area contributed by atoms with E-state index in [2.05, 4.69) is 4.57 Å². The molecule has 192 valence electrons. The van der Waals surface area contributed by atoms with Gasteiger partial charge in [-0.3, -0.25) is 4.79 Å². The van der Waals surface area contributed by atoms with Crippen molar-refractivity contribution in [3.63, 3.8) is 0 Å². The van der Waals surface area contributed by atoms with Crippen LogP contribution < -0.4 is 4.74 Å². The lowest BCUT2D eigenvalue weighted by Gasteiger charge is -2.39. The standard InChI is InChI=1S/C31H32FNO4/c1-20-17-22(13-14-23(20)32)33-24-11-8-12-26(36-18-21-9-6-5-7-10-21)27(24)28-25(33)15-16-37-31(28,4)19-30(2,3)29(34)35/h5-14,17H,15-16,18-19H2,1-4H3,(H,34,35)/t31-/m1/s1. The summed E-state index contributed by atoms with van der Waals surface area (Å²) >= 11 is 0. The molecule has 6 heteroatoms. The number of nitrogens with zero attached hydrogens (tertiary/aromatic N) is 1. The predicted octanol–water partition coefficient (Wildman–Crippen LogP) is 6.95. The van der Waals surface area contributed by atoms with E-state index in [0.29, 0.717) is 30.9 Å². The van der Waals surface area contributed by atoms with Gasteiger partial charge in [0.1, 0.15) is 18.2 Å². The van der Waals surface area contributed by atoms with E-state index in [-0.39, 0.29) is 12.2 Å². The maximum Gasteiger partial charge on any atom is 0.309 e. The topological polar surface area (TPSA) is 60.7 Å². The number of aromatic nitrogens is 1. The molecule has 4 aromatic rings. The Balaban J connectivity index is 1.75. The van der Waals surface area contributed by atoms with Crippen LogP contribution in [0.3, 0.4) is 0 Å². The van der Waals surface area contributed by atoms with Crippen molar-refractivity contribution in [1.29, 1.82) is 0 Å². The van der Waals surface area contributed by atoms with Crippen LogP contribution in [0.2, 0.25) is 0 Å². The van der Waals surface area contributed by atoms with Gasteiger partial charge in [0, 0.05) is 28.8 Å². The van der Waals surface area contributed by atoms with Crippen LogP contribution >= 0.6 is 0 Å². The third-order valence-corrected chi connectivity index (χ3v) is 7.34. The quantitative estimate of drug-likeness (QED) is 0.298. The van der Waals surface area contributed by atoms with Gasteiger partial charge in [-0.1, -0.05) is 36.4 Å². The highest BCUT2D eigenvalue weighted by Gasteiger charge is 2.45. The molecule has 5 nitrogen and oxygen atoms in total. The molecule has 2 heterocycles. The van der Waals surface area contributed by atoms with Crippen molar-refractivity contribution in [3.8, 4) is 11.4 Å². The second kappa shape index (κ2) is 9.34. The van der Waals surface area contributed by atoms with E-state index in [0.717, 1.165) is 33.4 Å². The second-order valence-electron chi connectivity index (χ2n) is 10.7. The SMILES string of the molecule is Cc1cc(-n2c3c(c4c(OCc5ccccc5)cccc42)[C@@](C)(CC(C)(C)C(=O)O)OCC3)ccc1F. The first kappa shape index (κ1) is 25.0. The van der Waals surface area contributed by atoms with Gasteiger partial charge in [0.25, 0.3) is 0 Å². The number of hydrogen-bond donors (Lipinski definition) is 1. The normalized spacial score (nSPS) is 17.5. The number of benzene rings is 3. The zero-order valence-electron chi connectivity index (χ0n) is 21.7. The summed E-state index contributed by atoms with van der Waals surface area (Å²) in [7, 11) is 0. The second-order valence-corrected chi connectivity index (χ2v) is 10.7. The van der Waals surface area contributed by atoms with E-state index in [9.17, 15) is 14.3 Å². The molecule has 1 atom stereocenters. The number of hydrogen-bond acceptors (Lipinski definition) is 3. The highest BCUT2D eigenvalue weighted by atomic mass is 19.1. The summed E-state index contributed by atoms with van der Waals surface area (Å²) in [5, 5.41) is 10.8. The Kier molecular flexibility index (Phi) is 6.32. The van der Waals surface area contributed by atoms with Crippen molar-refractivity contribution in [2.75, 3.05) is 6.61 Å². The number of carboxylic acids is 1. The third-order valence-electron chi connectivity index (χ3n) is 7.34. The van der Waals surface area contributed by atoms with Crippen LogP contribution in [0.4, 0.5) is 4.39 Å². The Morgan fingerprint density at radius 2 is 1.89 bits per heavy atom. The molecule has 0 amide bonds. The smallest absolute Gasteiger partial charge is 0.309 e. The molecule has 0 radical (unpaired) electrons. The first-order valence-electron chi connectivity index (χ1n) is 12.6. The summed E-state index contributed by atoms with van der Waals surface area (Å²) in [5.74, 6) is -0.416. The van der Waals surface area contributed by atoms with Crippen LogP contribution in [-0.2, 0) is 28.2 Å². The molecular formula is C31H32FNO4. The van der Waals surface area contributed by atoms with E-state index < -0.39 is 17.0 Å². The predicted molar refractivity (Wildman–Crippen MR) is 142 cm³/mol. The van der Waals surface area contributed by atoms with Gasteiger partial charge in [-0.2, -0.15) is 0 Å². The van der Waals surface area contributed by atoms with Crippen LogP contribution in [0.25, 0.3) is 16.6 Å². The van der Waals surface area contributed by atoms with Crippen LogP contribution in [0.15, 0.2) is 66.7 Å². The van der Waals surface area contributed by atoms with Crippen LogP contribution in [-0.4, -0.2) is 22.2 Å². The zero-order chi connectivity index (χ0) is 26.4. The van der Waals surface area contributed by atoms with Crippen LogP contribution in [0.5, 0.6) is 5.75 Å². The van der Waals surface area contributed by atoms with Crippen LogP contribution in [0, 0.1) is 18.2 Å². The molecule has 0 saturated heterocycles. The van der Waals surface area contributed by atoms with E-state index in [1.165, 1.54) is 6.07 Å². The minimum absolute atomic E-state index is 0.252. The fourth-order valence-corrected chi connectivity index (χ4v) is 5.59. The first-order chi connectivity index (χ1) is 17.6. The molecule has 0 fully saturated rings. The number of carboxylic acid groups (broad SMARTS) is 1. The van der Waals surface area contributed by atoms with E-state index in [1.54, 1.807) is 26.8 Å². The fourth-order valence-electron chi connectivity index (χ4n) is 5.59. The third kappa shape index (κ3) is 4.51. The van der Waals surface area contributed by atoms with Crippen molar-refractivity contribution in [2.24, 2.45) is 5.41 Å². The largest absolute Gasteiger partial charge is 0.488 e. The molecule has 1 aromatic heterocycles. The van der Waals surface area contributed by atoms with Gasteiger partial charge in [-0.05, 0) is 75.6 Å². The number of ether oxygens (including phenoxy) is 2. The minimum atomic E-state index is -1.01. The van der Waals surface area contributed by atoms with Crippen LogP contribution in [0.1, 0.15) is 49.6 Å². The van der Waals surface area contributed by atoms with E-state index in [4.69, 9.17) is 9.47 Å². The van der Waals surface area contributed by atoms with Crippen molar-refractivity contribution in [1.82, 2.24) is 4.57 Å². The summed E-state index contributed by atoms with van der Waals surface area (Å²) in [6, 6.07) is 21.0. The van der Waals surface area contributed by atoms with Crippen molar-refractivity contribution >= 4 is 16.9 Å². The van der Waals surface area contributed by atoms with Crippen molar-refractivity contribution in [3.05, 3.63) is 94.9 Å². The average molecular weight is 502 g/mol. The number of rotatable bonds is 7. The molecule has 0 spiro atoms. The van der Waals surface area contributed by atoms with Gasteiger partial charge in [0.05, 0.1) is 23.1 Å². The summed E-state index contributed by atoms with van der Waals surface area (Å²) < 4.78 is 29.1. The molecule has 5 rings (SSSR count). The van der Waals surface area contributed by atoms with Gasteiger partial charge in [-0.15, -0.1) is 0 Å². The molecule has 37 heavy (non-hydrogen) atoms. The van der Waals surface area contributed by atoms with Gasteiger partial charge >= 0.3 is 5.97 Å². The van der Waals surface area contributed by atoms with Crippen molar-refractivity contribution in [2.45, 2.75) is 52.7 Å². The monoisotopic (exact) mass is 501 g/mol. The first-order valence-corrected chi connectivity index (χ1v) is 12.6. The summed E-state index contributed by atoms with van der Waals surface area (Å²) in [5.41, 5.74) is 3.49. The molecular weight excluding hydrogens is 469 g/mol. The number of carbonyl (C=O) groups is 1. The lowest BCUT2D eigenvalue weighted by atomic mass is 9.75. The summed E-state index contributed by atoms with van der Waals surface area (Å²) in [4.78, 5) is 12.1. The highest BCUT2D eigenvalue weighted by molar-refractivity contribution is 5.94. The highest BCUT2D eigenvalue weighted by Crippen LogP contribution is 2.49. The molecule has 0 saturated carbocycles. The Morgan fingerprint density at radius 3 is 2.59 bits per heavy atom. The number of fused-ring (bicyclic) bond motifs is 3. The van der Waals surface area contributed by atoms with E-state index in [1.807, 2.05) is 61.5 Å². The Labute approximate surface area is 216 Å². The summed E-state index contributed by atoms with van der Waals surface area (Å²) in [6.45, 7) is 8.04. The van der Waals surface area contributed by atoms with Gasteiger partial charge in [-0.25, -0.2) is 4.39 Å². The number of aryl methyl sites for hydroxylation is 1. The maximum atomic E-state index is 14.2. The molecule has 0 bridgehead atoms. The molecule has 3 aromatic carbocycles. The lowest BCUT2D eigenvalue weighted by molar-refractivity contribution is -0.153. The van der Waals surface area contributed by atoms with E-state index >= 15 is 0 Å². The molecule has 1 N–H and O–H groups in total.